The molecule has 0 spiro atoms. The van der Waals surface area contributed by atoms with E-state index in [1.165, 1.54) is 5.56 Å². The quantitative estimate of drug-likeness (QED) is 0.625. The zero-order chi connectivity index (χ0) is 19.7. The number of likely N-dealkylation sites (N-methyl/N-ethyl adjacent to an activating group) is 1. The number of hydrogen-bond acceptors (Lipinski definition) is 4. The summed E-state index contributed by atoms with van der Waals surface area (Å²) in [4.78, 5) is 31.7. The van der Waals surface area contributed by atoms with Crippen molar-refractivity contribution in [2.45, 2.75) is 19.4 Å². The maximum Gasteiger partial charge on any atom is 0.335 e. The summed E-state index contributed by atoms with van der Waals surface area (Å²) in [5, 5.41) is 29.0. The van der Waals surface area contributed by atoms with Crippen LogP contribution in [0.15, 0.2) is 48.5 Å². The van der Waals surface area contributed by atoms with E-state index in [-0.39, 0.29) is 16.7 Å². The molecule has 7 heteroatoms. The fraction of sp³-hybridized carbons (Fsp3) is 0.211. The predicted molar refractivity (Wildman–Crippen MR) is 96.0 cm³/mol. The SMILES string of the molecule is CN[C@@H](C)Cc1ccccc1.O=C(O)c1cc(C(=O)O)cc(C(=O)O)c1. The lowest BCUT2D eigenvalue weighted by Crippen LogP contribution is -2.23. The second-order valence-corrected chi connectivity index (χ2v) is 5.59. The largest absolute Gasteiger partial charge is 0.478 e. The molecule has 4 N–H and O–H groups in total. The van der Waals surface area contributed by atoms with Crippen molar-refractivity contribution in [2.75, 3.05) is 7.05 Å². The Labute approximate surface area is 150 Å². The number of aromatic carboxylic acids is 3. The zero-order valence-corrected chi connectivity index (χ0v) is 14.5. The van der Waals surface area contributed by atoms with Gasteiger partial charge in [-0.1, -0.05) is 30.3 Å². The van der Waals surface area contributed by atoms with Crippen molar-refractivity contribution in [2.24, 2.45) is 0 Å². The van der Waals surface area contributed by atoms with E-state index in [1.807, 2.05) is 13.1 Å². The van der Waals surface area contributed by atoms with Gasteiger partial charge in [0.05, 0.1) is 16.7 Å². The van der Waals surface area contributed by atoms with Gasteiger partial charge >= 0.3 is 17.9 Å². The third-order valence-electron chi connectivity index (χ3n) is 3.55. The van der Waals surface area contributed by atoms with Gasteiger partial charge in [0.25, 0.3) is 0 Å². The number of carbonyl (C=O) groups is 3. The van der Waals surface area contributed by atoms with Gasteiger partial charge in [-0.05, 0) is 44.2 Å². The van der Waals surface area contributed by atoms with Crippen LogP contribution in [0.2, 0.25) is 0 Å². The van der Waals surface area contributed by atoms with Crippen molar-refractivity contribution in [1.82, 2.24) is 5.32 Å². The molecule has 7 nitrogen and oxygen atoms in total. The Morgan fingerprint density at radius 3 is 1.54 bits per heavy atom. The summed E-state index contributed by atoms with van der Waals surface area (Å²) in [6, 6.07) is 13.8. The molecule has 0 aliphatic rings. The van der Waals surface area contributed by atoms with Gasteiger partial charge in [-0.2, -0.15) is 0 Å². The van der Waals surface area contributed by atoms with E-state index in [0.717, 1.165) is 24.6 Å². The minimum atomic E-state index is -1.37. The molecule has 0 aliphatic heterocycles. The smallest absolute Gasteiger partial charge is 0.335 e. The highest BCUT2D eigenvalue weighted by Crippen LogP contribution is 2.11. The maximum absolute atomic E-state index is 10.6. The number of hydrogen-bond donors (Lipinski definition) is 4. The second kappa shape index (κ2) is 9.95. The second-order valence-electron chi connectivity index (χ2n) is 5.59. The number of carboxylic acids is 3. The van der Waals surface area contributed by atoms with Crippen molar-refractivity contribution < 1.29 is 29.7 Å². The fourth-order valence-corrected chi connectivity index (χ4v) is 2.07. The summed E-state index contributed by atoms with van der Waals surface area (Å²) in [6.07, 6.45) is 1.11. The van der Waals surface area contributed by atoms with Gasteiger partial charge < -0.3 is 20.6 Å². The molecule has 0 aromatic heterocycles. The van der Waals surface area contributed by atoms with Crippen LogP contribution in [0.3, 0.4) is 0 Å². The Kier molecular flexibility index (Phi) is 7.98. The molecule has 2 aromatic rings. The van der Waals surface area contributed by atoms with Crippen LogP contribution in [0.4, 0.5) is 0 Å². The molecule has 0 radical (unpaired) electrons. The molecule has 1 atom stereocenters. The van der Waals surface area contributed by atoms with Crippen LogP contribution in [-0.2, 0) is 6.42 Å². The van der Waals surface area contributed by atoms with Crippen molar-refractivity contribution in [3.05, 3.63) is 70.8 Å². The van der Waals surface area contributed by atoms with Crippen LogP contribution >= 0.6 is 0 Å². The first-order valence-corrected chi connectivity index (χ1v) is 7.80. The lowest BCUT2D eigenvalue weighted by atomic mass is 10.1. The summed E-state index contributed by atoms with van der Waals surface area (Å²) in [7, 11) is 1.99. The predicted octanol–water partition coefficient (Wildman–Crippen LogP) is 2.62. The molecule has 0 saturated carbocycles. The summed E-state index contributed by atoms with van der Waals surface area (Å²) >= 11 is 0. The Hall–Kier alpha value is -3.19. The third kappa shape index (κ3) is 6.74. The van der Waals surface area contributed by atoms with Gasteiger partial charge in [-0.25, -0.2) is 14.4 Å². The summed E-state index contributed by atoms with van der Waals surface area (Å²) < 4.78 is 0. The average Bonchev–Trinajstić information content (AvgIpc) is 2.62. The molecule has 0 aliphatic carbocycles. The van der Waals surface area contributed by atoms with Crippen LogP contribution in [0.1, 0.15) is 43.6 Å². The van der Waals surface area contributed by atoms with Crippen molar-refractivity contribution >= 4 is 17.9 Å². The molecule has 2 rings (SSSR count). The highest BCUT2D eigenvalue weighted by molar-refractivity contribution is 5.98. The van der Waals surface area contributed by atoms with Gasteiger partial charge in [-0.15, -0.1) is 0 Å². The highest BCUT2D eigenvalue weighted by atomic mass is 16.4. The molecule has 0 fully saturated rings. The van der Waals surface area contributed by atoms with Crippen molar-refractivity contribution in [3.63, 3.8) is 0 Å². The van der Waals surface area contributed by atoms with Crippen LogP contribution in [0.5, 0.6) is 0 Å². The topological polar surface area (TPSA) is 124 Å². The Morgan fingerprint density at radius 1 is 0.846 bits per heavy atom. The number of rotatable bonds is 6. The van der Waals surface area contributed by atoms with E-state index in [9.17, 15) is 14.4 Å². The summed E-state index contributed by atoms with van der Waals surface area (Å²) in [5.74, 6) is -4.12. The minimum Gasteiger partial charge on any atom is -0.478 e. The average molecular weight is 359 g/mol. The zero-order valence-electron chi connectivity index (χ0n) is 14.5. The number of benzene rings is 2. The third-order valence-corrected chi connectivity index (χ3v) is 3.55. The molecular formula is C19H21NO6. The Morgan fingerprint density at radius 2 is 1.23 bits per heavy atom. The van der Waals surface area contributed by atoms with E-state index in [1.54, 1.807) is 0 Å². The van der Waals surface area contributed by atoms with Crippen LogP contribution in [0, 0.1) is 0 Å². The van der Waals surface area contributed by atoms with Gasteiger partial charge in [0.1, 0.15) is 0 Å². The minimum absolute atomic E-state index is 0.368. The summed E-state index contributed by atoms with van der Waals surface area (Å²) in [6.45, 7) is 2.19. The van der Waals surface area contributed by atoms with Gasteiger partial charge in [0.2, 0.25) is 0 Å². The van der Waals surface area contributed by atoms with Crippen LogP contribution in [-0.4, -0.2) is 46.3 Å². The first-order chi connectivity index (χ1) is 12.2. The molecule has 26 heavy (non-hydrogen) atoms. The number of nitrogens with one attached hydrogen (secondary N) is 1. The van der Waals surface area contributed by atoms with Crippen LogP contribution in [0.25, 0.3) is 0 Å². The lowest BCUT2D eigenvalue weighted by molar-refractivity contribution is 0.0696. The molecular weight excluding hydrogens is 338 g/mol. The Bertz CT molecular complexity index is 694. The number of carboxylic acid groups (broad SMARTS) is 3. The normalized spacial score (nSPS) is 11.0. The molecule has 0 saturated heterocycles. The van der Waals surface area contributed by atoms with Gasteiger partial charge in [-0.3, -0.25) is 0 Å². The van der Waals surface area contributed by atoms with E-state index < -0.39 is 17.9 Å². The van der Waals surface area contributed by atoms with E-state index in [4.69, 9.17) is 15.3 Å². The molecule has 138 valence electrons. The van der Waals surface area contributed by atoms with Crippen LogP contribution < -0.4 is 5.32 Å². The van der Waals surface area contributed by atoms with E-state index in [2.05, 4.69) is 36.5 Å². The summed E-state index contributed by atoms with van der Waals surface area (Å²) in [5.41, 5.74) is 0.293. The van der Waals surface area contributed by atoms with Crippen molar-refractivity contribution in [3.8, 4) is 0 Å². The van der Waals surface area contributed by atoms with Gasteiger partial charge in [0.15, 0.2) is 0 Å². The van der Waals surface area contributed by atoms with E-state index in [0.29, 0.717) is 6.04 Å². The molecule has 0 amide bonds. The van der Waals surface area contributed by atoms with Crippen molar-refractivity contribution in [1.29, 1.82) is 0 Å². The monoisotopic (exact) mass is 359 g/mol. The Balaban J connectivity index is 0.000000273. The molecule has 0 bridgehead atoms. The highest BCUT2D eigenvalue weighted by Gasteiger charge is 2.14. The molecule has 2 aromatic carbocycles. The van der Waals surface area contributed by atoms with Gasteiger partial charge in [0, 0.05) is 6.04 Å². The fourth-order valence-electron chi connectivity index (χ4n) is 2.07. The maximum atomic E-state index is 10.6. The van der Waals surface area contributed by atoms with E-state index >= 15 is 0 Å². The first kappa shape index (κ1) is 20.9. The molecule has 0 unspecified atom stereocenters. The molecule has 0 heterocycles. The first-order valence-electron chi connectivity index (χ1n) is 7.80. The standard InChI is InChI=1S/C10H15N.C9H6O6/c1-9(11-2)8-10-6-4-3-5-7-10;10-7(11)4-1-5(8(12)13)3-6(2-4)9(14)15/h3-7,9,11H,8H2,1-2H3;1-3H,(H,10,11)(H,12,13)(H,14,15)/t9-;/m0./s1. The lowest BCUT2D eigenvalue weighted by Gasteiger charge is -2.08.